The highest BCUT2D eigenvalue weighted by atomic mass is 19.4. The molecule has 0 aliphatic carbocycles. The normalized spacial score (nSPS) is 16.5. The van der Waals surface area contributed by atoms with Crippen LogP contribution >= 0.6 is 0 Å². The van der Waals surface area contributed by atoms with Crippen LogP contribution in [0.15, 0.2) is 54.6 Å². The summed E-state index contributed by atoms with van der Waals surface area (Å²) >= 11 is 0. The van der Waals surface area contributed by atoms with E-state index in [1.165, 1.54) is 18.3 Å². The highest BCUT2D eigenvalue weighted by Gasteiger charge is 2.43. The molecule has 0 saturated carbocycles. The topological polar surface area (TPSA) is 131 Å². The van der Waals surface area contributed by atoms with Crippen LogP contribution in [0.2, 0.25) is 0 Å². The van der Waals surface area contributed by atoms with Gasteiger partial charge in [-0.3, -0.25) is 9.20 Å². The number of nitrogens with zero attached hydrogens (tertiary/aromatic N) is 5. The smallest absolute Gasteiger partial charge is 0.382 e. The van der Waals surface area contributed by atoms with Gasteiger partial charge >= 0.3 is 6.18 Å². The molecule has 1 spiro atoms. The number of aromatic nitrogens is 4. The molecule has 1 aromatic carbocycles. The lowest BCUT2D eigenvalue weighted by Crippen LogP contribution is -2.41. The first-order valence-electron chi connectivity index (χ1n) is 13.1. The number of alkyl halides is 3. The minimum atomic E-state index is -4.61. The Bertz CT molecular complexity index is 1750. The Kier molecular flexibility index (Phi) is 6.57. The number of nitrogens with one attached hydrogen (secondary N) is 2. The van der Waals surface area contributed by atoms with Gasteiger partial charge in [-0.1, -0.05) is 0 Å². The van der Waals surface area contributed by atoms with Gasteiger partial charge in [0.05, 0.1) is 5.56 Å². The number of piperidine rings is 1. The number of rotatable bonds is 4. The Morgan fingerprint density at radius 1 is 1.10 bits per heavy atom. The highest BCUT2D eigenvalue weighted by Crippen LogP contribution is 2.44. The Hall–Kier alpha value is -4.97. The number of imidazole rings is 1. The summed E-state index contributed by atoms with van der Waals surface area (Å²) in [4.78, 5) is 38.9. The molecule has 2 saturated heterocycles. The van der Waals surface area contributed by atoms with Crippen molar-refractivity contribution in [3.8, 4) is 11.3 Å². The van der Waals surface area contributed by atoms with Gasteiger partial charge in [0.1, 0.15) is 40.3 Å². The summed E-state index contributed by atoms with van der Waals surface area (Å²) in [5.74, 6) is 0.766. The molecule has 1 amide bonds. The van der Waals surface area contributed by atoms with E-state index in [0.29, 0.717) is 49.2 Å². The number of anilines is 3. The SMILES string of the molecule is Nc1nccn2c(N3CCC4(CCNC4=C=O)CC3)nc(-c3ccc(C(=O)Nc4cc(C(F)(F)F)ccn4)cc3F)c12. The van der Waals surface area contributed by atoms with E-state index in [0.717, 1.165) is 31.3 Å². The number of fused-ring (bicyclic) bond motifs is 1. The number of halogens is 4. The first kappa shape index (κ1) is 27.2. The zero-order chi connectivity index (χ0) is 29.6. The largest absolute Gasteiger partial charge is 0.416 e. The van der Waals surface area contributed by atoms with E-state index in [-0.39, 0.29) is 33.9 Å². The monoisotopic (exact) mass is 580 g/mol. The van der Waals surface area contributed by atoms with Crippen LogP contribution in [-0.4, -0.2) is 50.8 Å². The molecule has 0 bridgehead atoms. The summed E-state index contributed by atoms with van der Waals surface area (Å²) in [6.45, 7) is 1.92. The second kappa shape index (κ2) is 10.1. The number of allylic oxidation sites excluding steroid dienone is 1. The van der Waals surface area contributed by atoms with Crippen molar-refractivity contribution in [3.05, 3.63) is 71.6 Å². The second-order valence-electron chi connectivity index (χ2n) is 10.3. The molecule has 42 heavy (non-hydrogen) atoms. The van der Waals surface area contributed by atoms with Crippen LogP contribution in [0.1, 0.15) is 35.2 Å². The second-order valence-corrected chi connectivity index (χ2v) is 10.3. The van der Waals surface area contributed by atoms with Gasteiger partial charge < -0.3 is 21.3 Å². The van der Waals surface area contributed by atoms with E-state index in [1.807, 2.05) is 4.90 Å². The summed E-state index contributed by atoms with van der Waals surface area (Å²) in [5, 5.41) is 5.40. The maximum atomic E-state index is 15.5. The predicted octanol–water partition coefficient (Wildman–Crippen LogP) is 4.08. The van der Waals surface area contributed by atoms with E-state index >= 15 is 4.39 Å². The predicted molar refractivity (Wildman–Crippen MR) is 146 cm³/mol. The Labute approximate surface area is 236 Å². The van der Waals surface area contributed by atoms with Crippen LogP contribution in [0.4, 0.5) is 35.1 Å². The Morgan fingerprint density at radius 3 is 2.60 bits per heavy atom. The average Bonchev–Trinajstić information content (AvgIpc) is 3.55. The molecule has 216 valence electrons. The first-order chi connectivity index (χ1) is 20.1. The molecule has 2 aliphatic rings. The molecule has 4 N–H and O–H groups in total. The summed E-state index contributed by atoms with van der Waals surface area (Å²) in [6.07, 6.45) is 1.79. The summed E-state index contributed by atoms with van der Waals surface area (Å²) < 4.78 is 56.3. The van der Waals surface area contributed by atoms with Gasteiger partial charge in [0.25, 0.3) is 5.91 Å². The fourth-order valence-electron chi connectivity index (χ4n) is 5.69. The number of pyridine rings is 1. The standard InChI is InChI=1S/C28H24F4N8O2/c29-19-13-16(25(42)37-21-14-17(3-7-35-21)28(30,31)32)1-2-18(19)22-23-24(33)36-9-12-40(23)26(38-22)39-10-5-27(6-11-39)4-8-34-20(27)15-41/h1-3,7,9,12-14,34H,4-6,8,10-11H2,(H2,33,36)(H,35,37,42). The number of carbonyl (C=O) groups excluding carboxylic acids is 2. The van der Waals surface area contributed by atoms with Gasteiger partial charge in [-0.2, -0.15) is 13.2 Å². The zero-order valence-corrected chi connectivity index (χ0v) is 22.0. The van der Waals surface area contributed by atoms with Crippen molar-refractivity contribution in [3.63, 3.8) is 0 Å². The van der Waals surface area contributed by atoms with E-state index in [9.17, 15) is 22.8 Å². The molecule has 3 aromatic heterocycles. The van der Waals surface area contributed by atoms with Crippen molar-refractivity contribution in [2.24, 2.45) is 5.41 Å². The van der Waals surface area contributed by atoms with Crippen molar-refractivity contribution in [2.75, 3.05) is 35.6 Å². The van der Waals surface area contributed by atoms with E-state index < -0.39 is 23.5 Å². The highest BCUT2D eigenvalue weighted by molar-refractivity contribution is 6.04. The lowest BCUT2D eigenvalue weighted by molar-refractivity contribution is -0.137. The summed E-state index contributed by atoms with van der Waals surface area (Å²) in [6, 6.07) is 5.14. The van der Waals surface area contributed by atoms with E-state index in [1.54, 1.807) is 10.6 Å². The Morgan fingerprint density at radius 2 is 1.88 bits per heavy atom. The molecule has 2 fully saturated rings. The maximum absolute atomic E-state index is 15.5. The average molecular weight is 581 g/mol. The minimum absolute atomic E-state index is 0.0619. The van der Waals surface area contributed by atoms with Crippen LogP contribution in [0, 0.1) is 11.2 Å². The van der Waals surface area contributed by atoms with Gasteiger partial charge in [-0.05, 0) is 49.6 Å². The number of amides is 1. The molecule has 14 heteroatoms. The molecule has 10 nitrogen and oxygen atoms in total. The third kappa shape index (κ3) is 4.69. The quantitative estimate of drug-likeness (QED) is 0.243. The van der Waals surface area contributed by atoms with Crippen LogP contribution < -0.4 is 21.3 Å². The van der Waals surface area contributed by atoms with Crippen LogP contribution in [0.25, 0.3) is 16.8 Å². The molecular weight excluding hydrogens is 556 g/mol. The first-order valence-corrected chi connectivity index (χ1v) is 13.1. The van der Waals surface area contributed by atoms with Gasteiger partial charge in [0.2, 0.25) is 5.95 Å². The van der Waals surface area contributed by atoms with Crippen molar-refractivity contribution in [1.29, 1.82) is 0 Å². The Balaban J connectivity index is 1.29. The van der Waals surface area contributed by atoms with Gasteiger partial charge in [0.15, 0.2) is 0 Å². The van der Waals surface area contributed by atoms with Crippen LogP contribution in [-0.2, 0) is 11.0 Å². The van der Waals surface area contributed by atoms with Gasteiger partial charge in [0, 0.05) is 54.8 Å². The third-order valence-corrected chi connectivity index (χ3v) is 7.92. The van der Waals surface area contributed by atoms with Crippen molar-refractivity contribution >= 4 is 34.9 Å². The number of hydrogen-bond acceptors (Lipinski definition) is 8. The molecule has 6 rings (SSSR count). The lowest BCUT2D eigenvalue weighted by Gasteiger charge is -2.38. The van der Waals surface area contributed by atoms with Crippen molar-refractivity contribution in [2.45, 2.75) is 25.4 Å². The van der Waals surface area contributed by atoms with Gasteiger partial charge in [-0.15, -0.1) is 0 Å². The minimum Gasteiger partial charge on any atom is -0.382 e. The molecule has 2 aliphatic heterocycles. The summed E-state index contributed by atoms with van der Waals surface area (Å²) in [7, 11) is 0. The zero-order valence-electron chi connectivity index (χ0n) is 22.0. The van der Waals surface area contributed by atoms with Gasteiger partial charge in [-0.25, -0.2) is 24.1 Å². The maximum Gasteiger partial charge on any atom is 0.416 e. The number of nitrogens with two attached hydrogens (primary N) is 1. The molecule has 0 atom stereocenters. The van der Waals surface area contributed by atoms with E-state index in [4.69, 9.17) is 10.7 Å². The molecule has 0 unspecified atom stereocenters. The summed E-state index contributed by atoms with van der Waals surface area (Å²) in [5.41, 5.74) is 6.14. The van der Waals surface area contributed by atoms with Crippen molar-refractivity contribution in [1.82, 2.24) is 24.7 Å². The molecular formula is C28H24F4N8O2. The number of carbonyl (C=O) groups is 1. The number of benzene rings is 1. The number of nitrogen functional groups attached to an aromatic ring is 1. The van der Waals surface area contributed by atoms with E-state index in [2.05, 4.69) is 26.5 Å². The van der Waals surface area contributed by atoms with Crippen molar-refractivity contribution < 1.29 is 27.2 Å². The van der Waals surface area contributed by atoms with Crippen LogP contribution in [0.5, 0.6) is 0 Å². The number of hydrogen-bond donors (Lipinski definition) is 3. The van der Waals surface area contributed by atoms with Crippen LogP contribution in [0.3, 0.4) is 0 Å². The molecule has 4 aromatic rings. The fourth-order valence-corrected chi connectivity index (χ4v) is 5.69. The lowest BCUT2D eigenvalue weighted by atomic mass is 9.76. The fraction of sp³-hybridized carbons (Fsp3) is 0.286. The molecule has 0 radical (unpaired) electrons. The third-order valence-electron chi connectivity index (χ3n) is 7.92. The molecule has 5 heterocycles.